The number of anilines is 1. The van der Waals surface area contributed by atoms with Gasteiger partial charge in [-0.25, -0.2) is 0 Å². The Kier molecular flexibility index (Phi) is 4.51. The SMILES string of the molecule is CN(C)c1ccc(C(=O)N2CCNC(=O)C2c2ccccc2)cc1. The summed E-state index contributed by atoms with van der Waals surface area (Å²) in [7, 11) is 3.91. The van der Waals surface area contributed by atoms with Crippen LogP contribution in [0.5, 0.6) is 0 Å². The number of rotatable bonds is 3. The van der Waals surface area contributed by atoms with Crippen LogP contribution in [-0.2, 0) is 4.79 Å². The molecule has 1 unspecified atom stereocenters. The van der Waals surface area contributed by atoms with Gasteiger partial charge in [0.1, 0.15) is 6.04 Å². The lowest BCUT2D eigenvalue weighted by Gasteiger charge is -2.35. The summed E-state index contributed by atoms with van der Waals surface area (Å²) in [5.74, 6) is -0.255. The molecule has 1 aliphatic rings. The van der Waals surface area contributed by atoms with Crippen LogP contribution in [0.2, 0.25) is 0 Å². The summed E-state index contributed by atoms with van der Waals surface area (Å²) in [5.41, 5.74) is 2.45. The van der Waals surface area contributed by atoms with Gasteiger partial charge in [-0.1, -0.05) is 30.3 Å². The van der Waals surface area contributed by atoms with Crippen LogP contribution in [0.15, 0.2) is 54.6 Å². The fourth-order valence-electron chi connectivity index (χ4n) is 2.92. The summed E-state index contributed by atoms with van der Waals surface area (Å²) in [6.45, 7) is 0.975. The number of piperazine rings is 1. The molecule has 1 N–H and O–H groups in total. The smallest absolute Gasteiger partial charge is 0.254 e. The van der Waals surface area contributed by atoms with Crippen molar-refractivity contribution >= 4 is 17.5 Å². The molecule has 3 rings (SSSR count). The monoisotopic (exact) mass is 323 g/mol. The number of nitrogens with one attached hydrogen (secondary N) is 1. The van der Waals surface area contributed by atoms with Crippen molar-refractivity contribution < 1.29 is 9.59 Å². The Morgan fingerprint density at radius 1 is 1.08 bits per heavy atom. The third kappa shape index (κ3) is 3.11. The van der Waals surface area contributed by atoms with E-state index in [-0.39, 0.29) is 11.8 Å². The van der Waals surface area contributed by atoms with E-state index in [1.165, 1.54) is 0 Å². The zero-order valence-corrected chi connectivity index (χ0v) is 13.9. The minimum absolute atomic E-state index is 0.121. The number of carbonyl (C=O) groups is 2. The standard InChI is InChI=1S/C19H21N3O2/c1-21(2)16-10-8-15(9-11-16)19(24)22-13-12-20-18(23)17(22)14-6-4-3-5-7-14/h3-11,17H,12-13H2,1-2H3,(H,20,23). The van der Waals surface area contributed by atoms with E-state index in [0.29, 0.717) is 18.7 Å². The predicted octanol–water partition coefficient (Wildman–Crippen LogP) is 2.07. The fourth-order valence-corrected chi connectivity index (χ4v) is 2.92. The molecule has 2 aromatic rings. The van der Waals surface area contributed by atoms with Crippen LogP contribution in [0.4, 0.5) is 5.69 Å². The zero-order valence-electron chi connectivity index (χ0n) is 13.9. The Bertz CT molecular complexity index is 726. The van der Waals surface area contributed by atoms with E-state index < -0.39 is 6.04 Å². The second-order valence-electron chi connectivity index (χ2n) is 6.04. The first-order chi connectivity index (χ1) is 11.6. The van der Waals surface area contributed by atoms with Crippen molar-refractivity contribution in [2.75, 3.05) is 32.1 Å². The van der Waals surface area contributed by atoms with Gasteiger partial charge in [0.05, 0.1) is 0 Å². The highest BCUT2D eigenvalue weighted by Crippen LogP contribution is 2.25. The van der Waals surface area contributed by atoms with Crippen LogP contribution in [0.1, 0.15) is 22.0 Å². The first-order valence-electron chi connectivity index (χ1n) is 7.99. The Balaban J connectivity index is 1.90. The van der Waals surface area contributed by atoms with Crippen LogP contribution in [0.25, 0.3) is 0 Å². The maximum Gasteiger partial charge on any atom is 0.254 e. The Morgan fingerprint density at radius 3 is 2.38 bits per heavy atom. The molecule has 24 heavy (non-hydrogen) atoms. The Hall–Kier alpha value is -2.82. The van der Waals surface area contributed by atoms with Crippen LogP contribution < -0.4 is 10.2 Å². The van der Waals surface area contributed by atoms with Gasteiger partial charge in [-0.3, -0.25) is 9.59 Å². The minimum atomic E-state index is -0.582. The molecule has 2 aromatic carbocycles. The third-order valence-corrected chi connectivity index (χ3v) is 4.22. The predicted molar refractivity (Wildman–Crippen MR) is 94.0 cm³/mol. The highest BCUT2D eigenvalue weighted by Gasteiger charge is 2.34. The molecule has 0 bridgehead atoms. The lowest BCUT2D eigenvalue weighted by atomic mass is 10.0. The molecular formula is C19H21N3O2. The summed E-state index contributed by atoms with van der Waals surface area (Å²) in [6, 6.07) is 16.3. The number of amides is 2. The molecule has 2 amide bonds. The second-order valence-corrected chi connectivity index (χ2v) is 6.04. The highest BCUT2D eigenvalue weighted by atomic mass is 16.2. The Labute approximate surface area is 141 Å². The lowest BCUT2D eigenvalue weighted by molar-refractivity contribution is -0.128. The molecule has 1 aliphatic heterocycles. The molecule has 5 heteroatoms. The van der Waals surface area contributed by atoms with Crippen molar-refractivity contribution in [1.29, 1.82) is 0 Å². The molecule has 1 atom stereocenters. The van der Waals surface area contributed by atoms with Gasteiger partial charge in [-0.05, 0) is 29.8 Å². The van der Waals surface area contributed by atoms with Gasteiger partial charge in [0.2, 0.25) is 5.91 Å². The van der Waals surface area contributed by atoms with Crippen LogP contribution in [-0.4, -0.2) is 43.9 Å². The number of benzene rings is 2. The van der Waals surface area contributed by atoms with E-state index >= 15 is 0 Å². The molecule has 0 saturated carbocycles. The molecule has 0 aliphatic carbocycles. The van der Waals surface area contributed by atoms with Crippen LogP contribution in [0.3, 0.4) is 0 Å². The van der Waals surface area contributed by atoms with E-state index in [4.69, 9.17) is 0 Å². The van der Waals surface area contributed by atoms with E-state index in [0.717, 1.165) is 11.3 Å². The van der Waals surface area contributed by atoms with Gasteiger partial charge in [-0.2, -0.15) is 0 Å². The normalized spacial score (nSPS) is 17.3. The van der Waals surface area contributed by atoms with Gasteiger partial charge >= 0.3 is 0 Å². The van der Waals surface area contributed by atoms with Gasteiger partial charge in [0.25, 0.3) is 5.91 Å². The number of carbonyl (C=O) groups excluding carboxylic acids is 2. The molecule has 0 spiro atoms. The van der Waals surface area contributed by atoms with Crippen molar-refractivity contribution in [3.63, 3.8) is 0 Å². The van der Waals surface area contributed by atoms with Gasteiger partial charge < -0.3 is 15.1 Å². The molecule has 124 valence electrons. The van der Waals surface area contributed by atoms with Crippen molar-refractivity contribution in [2.45, 2.75) is 6.04 Å². The second kappa shape index (κ2) is 6.74. The van der Waals surface area contributed by atoms with Crippen molar-refractivity contribution in [3.8, 4) is 0 Å². The summed E-state index contributed by atoms with van der Waals surface area (Å²) in [5, 5.41) is 2.85. The van der Waals surface area contributed by atoms with Gasteiger partial charge in [0.15, 0.2) is 0 Å². The molecule has 1 saturated heterocycles. The topological polar surface area (TPSA) is 52.7 Å². The summed E-state index contributed by atoms with van der Waals surface area (Å²) >= 11 is 0. The largest absolute Gasteiger partial charge is 0.378 e. The average Bonchev–Trinajstić information content (AvgIpc) is 2.61. The Morgan fingerprint density at radius 2 is 1.75 bits per heavy atom. The number of hydrogen-bond donors (Lipinski definition) is 1. The van der Waals surface area contributed by atoms with E-state index in [1.54, 1.807) is 4.90 Å². The van der Waals surface area contributed by atoms with E-state index in [1.807, 2.05) is 73.6 Å². The quantitative estimate of drug-likeness (QED) is 0.941. The van der Waals surface area contributed by atoms with E-state index in [9.17, 15) is 9.59 Å². The first-order valence-corrected chi connectivity index (χ1v) is 7.99. The molecular weight excluding hydrogens is 302 g/mol. The van der Waals surface area contributed by atoms with Crippen LogP contribution in [0, 0.1) is 0 Å². The fraction of sp³-hybridized carbons (Fsp3) is 0.263. The van der Waals surface area contributed by atoms with Gasteiger partial charge in [0, 0.05) is 38.4 Å². The number of nitrogens with zero attached hydrogens (tertiary/aromatic N) is 2. The van der Waals surface area contributed by atoms with Crippen molar-refractivity contribution in [3.05, 3.63) is 65.7 Å². The molecule has 5 nitrogen and oxygen atoms in total. The highest BCUT2D eigenvalue weighted by molar-refractivity contribution is 5.98. The van der Waals surface area contributed by atoms with E-state index in [2.05, 4.69) is 5.32 Å². The summed E-state index contributed by atoms with van der Waals surface area (Å²) in [6.07, 6.45) is 0. The minimum Gasteiger partial charge on any atom is -0.378 e. The molecule has 1 fully saturated rings. The van der Waals surface area contributed by atoms with Crippen molar-refractivity contribution in [2.24, 2.45) is 0 Å². The third-order valence-electron chi connectivity index (χ3n) is 4.22. The summed E-state index contributed by atoms with van der Waals surface area (Å²) in [4.78, 5) is 28.9. The maximum absolute atomic E-state index is 12.9. The molecule has 1 heterocycles. The summed E-state index contributed by atoms with van der Waals surface area (Å²) < 4.78 is 0. The molecule has 0 aromatic heterocycles. The van der Waals surface area contributed by atoms with Crippen molar-refractivity contribution in [1.82, 2.24) is 10.2 Å². The number of hydrogen-bond acceptors (Lipinski definition) is 3. The lowest BCUT2D eigenvalue weighted by Crippen LogP contribution is -2.52. The average molecular weight is 323 g/mol. The zero-order chi connectivity index (χ0) is 17.1. The first kappa shape index (κ1) is 16.1. The molecule has 0 radical (unpaired) electrons. The maximum atomic E-state index is 12.9. The van der Waals surface area contributed by atoms with Gasteiger partial charge in [-0.15, -0.1) is 0 Å². The van der Waals surface area contributed by atoms with Crippen LogP contribution >= 0.6 is 0 Å².